The predicted molar refractivity (Wildman–Crippen MR) is 210 cm³/mol. The van der Waals surface area contributed by atoms with Crippen molar-refractivity contribution in [2.75, 3.05) is 40.5 Å². The number of carbonyl (C=O) groups excluding carboxylic acids is 4. The van der Waals surface area contributed by atoms with Crippen molar-refractivity contribution in [1.29, 1.82) is 0 Å². The number of rotatable bonds is 10. The number of benzene rings is 3. The van der Waals surface area contributed by atoms with E-state index in [2.05, 4.69) is 63.1 Å². The Morgan fingerprint density at radius 2 is 1.35 bits per heavy atom. The summed E-state index contributed by atoms with van der Waals surface area (Å²) in [5, 5.41) is 7.67. The number of hydrogen-bond donors (Lipinski definition) is 4. The standard InChI is InChI=1S/C42H46N8O7/c1-55-41(53)47-35(23-5-6-23)39(51)49-15-3-4-33(49)37-43-21-32(46-37)29-12-11-25-18-26(9-10-27(25)19-29)28-13-14-30-31(20-28)45-38(44-30)34-22-57-17-16-50(34)40(52)36(24-7-8-24)48-42(54)56-2/h9-14,18-21,23-24,33-36H,3-8,15-17,22H2,1-2H3,(H,43,46)(H,44,45)(H,47,53)(H,48,54)/t33-,34-,35-,36-/m0/s1. The number of alkyl carbamates (subject to hydrolysis) is 2. The molecule has 4 aliphatic rings. The van der Waals surface area contributed by atoms with E-state index >= 15 is 0 Å². The molecule has 15 heteroatoms. The number of amides is 4. The van der Waals surface area contributed by atoms with Gasteiger partial charge in [-0.2, -0.15) is 0 Å². The number of nitrogens with zero attached hydrogens (tertiary/aromatic N) is 4. The summed E-state index contributed by atoms with van der Waals surface area (Å²) in [6.07, 6.45) is 5.88. The van der Waals surface area contributed by atoms with E-state index in [0.29, 0.717) is 32.1 Å². The van der Waals surface area contributed by atoms with Crippen LogP contribution >= 0.6 is 0 Å². The number of methoxy groups -OCH3 is 2. The summed E-state index contributed by atoms with van der Waals surface area (Å²) in [5.74, 6) is 1.39. The molecule has 0 radical (unpaired) electrons. The van der Waals surface area contributed by atoms with E-state index in [1.54, 1.807) is 4.90 Å². The number of carbonyl (C=O) groups is 4. The molecule has 2 saturated carbocycles. The van der Waals surface area contributed by atoms with Gasteiger partial charge in [0, 0.05) is 18.7 Å². The smallest absolute Gasteiger partial charge is 0.407 e. The number of fused-ring (bicyclic) bond motifs is 2. The number of hydrogen-bond acceptors (Lipinski definition) is 9. The Morgan fingerprint density at radius 1 is 0.737 bits per heavy atom. The minimum Gasteiger partial charge on any atom is -0.453 e. The second-order valence-corrected chi connectivity index (χ2v) is 15.5. The molecule has 4 amide bonds. The van der Waals surface area contributed by atoms with E-state index < -0.39 is 30.3 Å². The van der Waals surface area contributed by atoms with Gasteiger partial charge >= 0.3 is 12.2 Å². The van der Waals surface area contributed by atoms with Crippen LogP contribution in [0, 0.1) is 11.8 Å². The molecule has 3 aromatic carbocycles. The van der Waals surface area contributed by atoms with Gasteiger partial charge < -0.3 is 44.6 Å². The highest BCUT2D eigenvalue weighted by atomic mass is 16.5. The topological polar surface area (TPSA) is 184 Å². The van der Waals surface area contributed by atoms with Crippen molar-refractivity contribution >= 4 is 45.8 Å². The summed E-state index contributed by atoms with van der Waals surface area (Å²) in [6.45, 7) is 1.73. The van der Waals surface area contributed by atoms with Gasteiger partial charge in [-0.1, -0.05) is 30.3 Å². The maximum atomic E-state index is 13.8. The lowest BCUT2D eigenvalue weighted by atomic mass is 9.99. The highest BCUT2D eigenvalue weighted by Crippen LogP contribution is 2.39. The first-order valence-corrected chi connectivity index (χ1v) is 19.7. The Hall–Kier alpha value is -5.96. The number of likely N-dealkylation sites (tertiary alicyclic amines) is 1. The molecule has 4 fully saturated rings. The van der Waals surface area contributed by atoms with Crippen molar-refractivity contribution in [1.82, 2.24) is 40.4 Å². The summed E-state index contributed by atoms with van der Waals surface area (Å²) < 4.78 is 15.4. The molecule has 57 heavy (non-hydrogen) atoms. The van der Waals surface area contributed by atoms with Crippen LogP contribution in [-0.4, -0.2) is 106 Å². The summed E-state index contributed by atoms with van der Waals surface area (Å²) in [6, 6.07) is 17.0. The van der Waals surface area contributed by atoms with E-state index in [9.17, 15) is 19.2 Å². The summed E-state index contributed by atoms with van der Waals surface area (Å²) in [5.41, 5.74) is 5.56. The average Bonchev–Trinajstić information content (AvgIpc) is 4.12. The largest absolute Gasteiger partial charge is 0.453 e. The van der Waals surface area contributed by atoms with Gasteiger partial charge in [-0.3, -0.25) is 9.59 Å². The van der Waals surface area contributed by atoms with Crippen molar-refractivity contribution in [3.63, 3.8) is 0 Å². The number of morpholine rings is 1. The minimum atomic E-state index is -0.640. The minimum absolute atomic E-state index is 0.0809. The number of aromatic amines is 2. The van der Waals surface area contributed by atoms with Crippen LogP contribution in [-0.2, 0) is 23.8 Å². The number of nitrogens with one attached hydrogen (secondary N) is 4. The summed E-state index contributed by atoms with van der Waals surface area (Å²) >= 11 is 0. The molecule has 0 spiro atoms. The second kappa shape index (κ2) is 15.2. The molecule has 2 aliphatic carbocycles. The van der Waals surface area contributed by atoms with Crippen molar-refractivity contribution in [3.8, 4) is 22.4 Å². The van der Waals surface area contributed by atoms with Gasteiger partial charge in [0.2, 0.25) is 11.8 Å². The molecule has 4 atom stereocenters. The van der Waals surface area contributed by atoms with E-state index in [-0.39, 0.29) is 29.7 Å². The second-order valence-electron chi connectivity index (χ2n) is 15.5. The fourth-order valence-electron chi connectivity index (χ4n) is 8.37. The molecule has 0 bridgehead atoms. The third-order valence-corrected chi connectivity index (χ3v) is 11.8. The van der Waals surface area contributed by atoms with Crippen molar-refractivity contribution in [3.05, 3.63) is 72.4 Å². The molecular weight excluding hydrogens is 729 g/mol. The summed E-state index contributed by atoms with van der Waals surface area (Å²) in [7, 11) is 2.61. The van der Waals surface area contributed by atoms with Crippen LogP contribution in [0.2, 0.25) is 0 Å². The van der Waals surface area contributed by atoms with Crippen LogP contribution in [0.3, 0.4) is 0 Å². The zero-order valence-corrected chi connectivity index (χ0v) is 32.0. The van der Waals surface area contributed by atoms with Gasteiger partial charge in [0.05, 0.1) is 56.4 Å². The predicted octanol–water partition coefficient (Wildman–Crippen LogP) is 5.61. The molecule has 296 valence electrons. The van der Waals surface area contributed by atoms with Crippen LogP contribution < -0.4 is 10.6 Å². The molecule has 0 unspecified atom stereocenters. The zero-order chi connectivity index (χ0) is 39.2. The first-order chi connectivity index (χ1) is 27.8. The van der Waals surface area contributed by atoms with Crippen LogP contribution in [0.15, 0.2) is 60.8 Å². The van der Waals surface area contributed by atoms with Crippen LogP contribution in [0.25, 0.3) is 44.2 Å². The van der Waals surface area contributed by atoms with E-state index in [1.807, 2.05) is 23.2 Å². The Kier molecular flexibility index (Phi) is 9.76. The SMILES string of the molecule is COC(=O)N[C@H](C(=O)N1CCC[C@H]1c1ncc(-c2ccc3cc(-c4ccc5nc([C@@H]6COCCN6C(=O)[C@@H](NC(=O)OC)C6CC6)[nH]c5c4)ccc3c2)[nH]1)C1CC1. The van der Waals surface area contributed by atoms with E-state index in [4.69, 9.17) is 24.2 Å². The van der Waals surface area contributed by atoms with Crippen LogP contribution in [0.4, 0.5) is 9.59 Å². The van der Waals surface area contributed by atoms with Crippen LogP contribution in [0.5, 0.6) is 0 Å². The van der Waals surface area contributed by atoms with Gasteiger partial charge in [-0.15, -0.1) is 0 Å². The third kappa shape index (κ3) is 7.39. The molecule has 2 saturated heterocycles. The maximum Gasteiger partial charge on any atom is 0.407 e. The van der Waals surface area contributed by atoms with Gasteiger partial charge in [-0.25, -0.2) is 19.6 Å². The number of imidazole rings is 2. The lowest BCUT2D eigenvalue weighted by Gasteiger charge is -2.36. The van der Waals surface area contributed by atoms with Crippen LogP contribution in [0.1, 0.15) is 62.3 Å². The van der Waals surface area contributed by atoms with E-state index in [0.717, 1.165) is 88.5 Å². The normalized spacial score (nSPS) is 20.7. The monoisotopic (exact) mass is 774 g/mol. The molecule has 9 rings (SSSR count). The van der Waals surface area contributed by atoms with Gasteiger partial charge in [0.1, 0.15) is 29.8 Å². The van der Waals surface area contributed by atoms with Gasteiger partial charge in [0.15, 0.2) is 0 Å². The van der Waals surface area contributed by atoms with Crippen molar-refractivity contribution in [2.45, 2.75) is 62.7 Å². The van der Waals surface area contributed by atoms with Gasteiger partial charge in [0.25, 0.3) is 0 Å². The molecule has 4 N–H and O–H groups in total. The summed E-state index contributed by atoms with van der Waals surface area (Å²) in [4.78, 5) is 71.6. The third-order valence-electron chi connectivity index (χ3n) is 11.8. The fourth-order valence-corrected chi connectivity index (χ4v) is 8.37. The van der Waals surface area contributed by atoms with E-state index in [1.165, 1.54) is 14.2 Å². The zero-order valence-electron chi connectivity index (χ0n) is 32.0. The molecular formula is C42H46N8O7. The highest BCUT2D eigenvalue weighted by molar-refractivity contribution is 5.92. The Morgan fingerprint density at radius 3 is 2.02 bits per heavy atom. The Bertz CT molecular complexity index is 2350. The maximum absolute atomic E-state index is 13.8. The number of aromatic nitrogens is 4. The Labute approximate surface area is 328 Å². The van der Waals surface area contributed by atoms with Crippen molar-refractivity contribution < 1.29 is 33.4 Å². The average molecular weight is 775 g/mol. The molecule has 15 nitrogen and oxygen atoms in total. The lowest BCUT2D eigenvalue weighted by Crippen LogP contribution is -2.54. The molecule has 4 heterocycles. The lowest BCUT2D eigenvalue weighted by molar-refractivity contribution is -0.143. The fraction of sp³-hybridized carbons (Fsp3) is 0.429. The Balaban J connectivity index is 0.911. The number of H-pyrrole nitrogens is 2. The van der Waals surface area contributed by atoms with Crippen molar-refractivity contribution in [2.24, 2.45) is 11.8 Å². The highest BCUT2D eigenvalue weighted by Gasteiger charge is 2.44. The first kappa shape index (κ1) is 36.7. The van der Waals surface area contributed by atoms with Gasteiger partial charge in [-0.05, 0) is 96.5 Å². The quantitative estimate of drug-likeness (QED) is 0.140. The molecule has 2 aliphatic heterocycles. The molecule has 5 aromatic rings. The molecule has 2 aromatic heterocycles. The number of ether oxygens (including phenoxy) is 3. The first-order valence-electron chi connectivity index (χ1n) is 19.7.